The maximum absolute atomic E-state index is 12.4. The summed E-state index contributed by atoms with van der Waals surface area (Å²) in [6.07, 6.45) is 4.26. The standard InChI is InChI=1S/C17H23NO3.C2H4O2/c1-18-13-7-8-14(18)10-15(9-13)21-17(20)16(11-19)12-5-3-2-4-6-12;1-2(3)4/h2-6,13-16,19H,7-11H2,1H3;1H3,(H,3,4)/t13-,14+,15+,16?;. The number of carboxylic acid groups (broad SMARTS) is 1. The molecule has 4 atom stereocenters. The average molecular weight is 349 g/mol. The Labute approximate surface area is 148 Å². The minimum absolute atomic E-state index is 0.00367. The molecule has 2 bridgehead atoms. The van der Waals surface area contributed by atoms with Gasteiger partial charge >= 0.3 is 5.97 Å². The lowest BCUT2D eigenvalue weighted by Gasteiger charge is -2.36. The van der Waals surface area contributed by atoms with Crippen LogP contribution in [-0.4, -0.2) is 58.9 Å². The molecule has 0 aromatic heterocycles. The number of carbonyl (C=O) groups is 2. The second-order valence-electron chi connectivity index (χ2n) is 6.75. The molecule has 2 aliphatic rings. The van der Waals surface area contributed by atoms with E-state index in [2.05, 4.69) is 11.9 Å². The van der Waals surface area contributed by atoms with E-state index in [1.165, 1.54) is 12.8 Å². The van der Waals surface area contributed by atoms with Crippen molar-refractivity contribution >= 4 is 11.9 Å². The zero-order valence-corrected chi connectivity index (χ0v) is 14.8. The number of esters is 1. The number of carbonyl (C=O) groups excluding carboxylic acids is 1. The Morgan fingerprint density at radius 1 is 1.20 bits per heavy atom. The Morgan fingerprint density at radius 3 is 2.20 bits per heavy atom. The Balaban J connectivity index is 0.000000511. The maximum atomic E-state index is 12.4. The third kappa shape index (κ3) is 5.28. The van der Waals surface area contributed by atoms with Gasteiger partial charge in [0.25, 0.3) is 5.97 Å². The van der Waals surface area contributed by atoms with Crippen molar-refractivity contribution < 1.29 is 24.5 Å². The second kappa shape index (κ2) is 8.97. The Hall–Kier alpha value is -1.92. The number of nitrogens with zero attached hydrogens (tertiary/aromatic N) is 1. The van der Waals surface area contributed by atoms with Crippen LogP contribution in [0.2, 0.25) is 0 Å². The Kier molecular flexibility index (Phi) is 6.96. The molecule has 2 N–H and O–H groups in total. The molecule has 0 radical (unpaired) electrons. The lowest BCUT2D eigenvalue weighted by atomic mass is 9.98. The molecule has 1 unspecified atom stereocenters. The summed E-state index contributed by atoms with van der Waals surface area (Å²) in [6, 6.07) is 10.5. The number of aliphatic hydroxyl groups excluding tert-OH is 1. The molecular formula is C19H27NO5. The normalized spacial score (nSPS) is 26.3. The Morgan fingerprint density at radius 2 is 1.72 bits per heavy atom. The summed E-state index contributed by atoms with van der Waals surface area (Å²) >= 11 is 0. The van der Waals surface area contributed by atoms with Crippen molar-refractivity contribution in [3.05, 3.63) is 35.9 Å². The predicted octanol–water partition coefficient (Wildman–Crippen LogP) is 2.02. The van der Waals surface area contributed by atoms with Gasteiger partial charge in [0.1, 0.15) is 12.0 Å². The number of ether oxygens (including phenoxy) is 1. The molecule has 0 aliphatic carbocycles. The first-order valence-corrected chi connectivity index (χ1v) is 8.70. The molecule has 138 valence electrons. The fourth-order valence-electron chi connectivity index (χ4n) is 3.71. The molecule has 0 spiro atoms. The number of rotatable bonds is 4. The first kappa shape index (κ1) is 19.4. The van der Waals surface area contributed by atoms with E-state index in [1.54, 1.807) is 0 Å². The number of hydrogen-bond acceptors (Lipinski definition) is 5. The van der Waals surface area contributed by atoms with Gasteiger partial charge in [0.15, 0.2) is 0 Å². The highest BCUT2D eigenvalue weighted by Crippen LogP contribution is 2.36. The Bertz CT molecular complexity index is 558. The van der Waals surface area contributed by atoms with Crippen molar-refractivity contribution in [3.63, 3.8) is 0 Å². The largest absolute Gasteiger partial charge is 0.481 e. The number of carboxylic acids is 1. The van der Waals surface area contributed by atoms with E-state index in [9.17, 15) is 9.90 Å². The van der Waals surface area contributed by atoms with Crippen molar-refractivity contribution in [2.75, 3.05) is 13.7 Å². The summed E-state index contributed by atoms with van der Waals surface area (Å²) in [5.74, 6) is -1.69. The van der Waals surface area contributed by atoms with Crippen LogP contribution in [0.3, 0.4) is 0 Å². The van der Waals surface area contributed by atoms with E-state index in [0.717, 1.165) is 25.3 Å². The smallest absolute Gasteiger partial charge is 0.316 e. The van der Waals surface area contributed by atoms with Gasteiger partial charge in [0.2, 0.25) is 0 Å². The lowest BCUT2D eigenvalue weighted by molar-refractivity contribution is -0.155. The van der Waals surface area contributed by atoms with Crippen LogP contribution in [-0.2, 0) is 14.3 Å². The highest BCUT2D eigenvalue weighted by atomic mass is 16.5. The van der Waals surface area contributed by atoms with Crippen LogP contribution in [0.5, 0.6) is 0 Å². The van der Waals surface area contributed by atoms with Crippen molar-refractivity contribution in [1.29, 1.82) is 0 Å². The van der Waals surface area contributed by atoms with Crippen molar-refractivity contribution in [3.8, 4) is 0 Å². The van der Waals surface area contributed by atoms with Gasteiger partial charge in [0.05, 0.1) is 6.61 Å². The molecule has 2 heterocycles. The number of aliphatic hydroxyl groups is 1. The number of fused-ring (bicyclic) bond motifs is 2. The van der Waals surface area contributed by atoms with E-state index in [4.69, 9.17) is 14.6 Å². The first-order valence-electron chi connectivity index (χ1n) is 8.70. The molecule has 2 saturated heterocycles. The van der Waals surface area contributed by atoms with E-state index < -0.39 is 11.9 Å². The predicted molar refractivity (Wildman–Crippen MR) is 93.3 cm³/mol. The SMILES string of the molecule is CC(=O)O.CN1[C@@H]2CC[C@H]1C[C@@H](OC(=O)C(CO)c1ccccc1)C2. The molecule has 3 rings (SSSR count). The van der Waals surface area contributed by atoms with Crippen LogP contribution in [0, 0.1) is 0 Å². The van der Waals surface area contributed by atoms with Gasteiger partial charge in [-0.05, 0) is 38.3 Å². The minimum atomic E-state index is -0.833. The summed E-state index contributed by atoms with van der Waals surface area (Å²) in [5.41, 5.74) is 0.820. The van der Waals surface area contributed by atoms with Gasteiger partial charge in [0, 0.05) is 19.0 Å². The quantitative estimate of drug-likeness (QED) is 0.809. The highest BCUT2D eigenvalue weighted by Gasteiger charge is 2.40. The molecule has 0 amide bonds. The number of hydrogen-bond donors (Lipinski definition) is 2. The van der Waals surface area contributed by atoms with E-state index >= 15 is 0 Å². The van der Waals surface area contributed by atoms with E-state index in [-0.39, 0.29) is 18.7 Å². The van der Waals surface area contributed by atoms with Crippen LogP contribution >= 0.6 is 0 Å². The molecule has 2 fully saturated rings. The second-order valence-corrected chi connectivity index (χ2v) is 6.75. The minimum Gasteiger partial charge on any atom is -0.481 e. The zero-order chi connectivity index (χ0) is 18.4. The van der Waals surface area contributed by atoms with Crippen molar-refractivity contribution in [1.82, 2.24) is 4.90 Å². The third-order valence-electron chi connectivity index (χ3n) is 5.01. The van der Waals surface area contributed by atoms with Crippen molar-refractivity contribution in [2.24, 2.45) is 0 Å². The van der Waals surface area contributed by atoms with Gasteiger partial charge in [-0.2, -0.15) is 0 Å². The topological polar surface area (TPSA) is 87.1 Å². The van der Waals surface area contributed by atoms with Crippen molar-refractivity contribution in [2.45, 2.75) is 56.7 Å². The van der Waals surface area contributed by atoms with Gasteiger partial charge in [-0.25, -0.2) is 0 Å². The number of benzene rings is 1. The molecular weight excluding hydrogens is 322 g/mol. The first-order chi connectivity index (χ1) is 11.9. The number of aliphatic carboxylic acids is 1. The van der Waals surface area contributed by atoms with Crippen LogP contribution in [0.1, 0.15) is 44.1 Å². The molecule has 0 saturated carbocycles. The molecule has 2 aliphatic heterocycles. The third-order valence-corrected chi connectivity index (χ3v) is 5.01. The van der Waals surface area contributed by atoms with E-state index in [0.29, 0.717) is 12.1 Å². The number of piperidine rings is 1. The summed E-state index contributed by atoms with van der Waals surface area (Å²) in [7, 11) is 2.17. The summed E-state index contributed by atoms with van der Waals surface area (Å²) in [5, 5.41) is 16.9. The fourth-order valence-corrected chi connectivity index (χ4v) is 3.71. The highest BCUT2D eigenvalue weighted by molar-refractivity contribution is 5.78. The summed E-state index contributed by atoms with van der Waals surface area (Å²) in [4.78, 5) is 23.8. The molecule has 1 aromatic carbocycles. The average Bonchev–Trinajstić information content (AvgIpc) is 2.78. The molecule has 1 aromatic rings. The van der Waals surface area contributed by atoms with Gasteiger partial charge in [-0.1, -0.05) is 30.3 Å². The summed E-state index contributed by atoms with van der Waals surface area (Å²) in [6.45, 7) is 0.877. The van der Waals surface area contributed by atoms with Crippen LogP contribution in [0.25, 0.3) is 0 Å². The lowest BCUT2D eigenvalue weighted by Crippen LogP contribution is -2.43. The van der Waals surface area contributed by atoms with E-state index in [1.807, 2.05) is 30.3 Å². The molecule has 25 heavy (non-hydrogen) atoms. The van der Waals surface area contributed by atoms with Gasteiger partial charge in [-0.3, -0.25) is 9.59 Å². The zero-order valence-electron chi connectivity index (χ0n) is 14.8. The van der Waals surface area contributed by atoms with Gasteiger partial charge < -0.3 is 19.8 Å². The summed E-state index contributed by atoms with van der Waals surface area (Å²) < 4.78 is 5.70. The monoisotopic (exact) mass is 349 g/mol. The van der Waals surface area contributed by atoms with Crippen LogP contribution in [0.15, 0.2) is 30.3 Å². The van der Waals surface area contributed by atoms with Gasteiger partial charge in [-0.15, -0.1) is 0 Å². The van der Waals surface area contributed by atoms with Crippen LogP contribution in [0.4, 0.5) is 0 Å². The molecule has 6 heteroatoms. The fraction of sp³-hybridized carbons (Fsp3) is 0.579. The maximum Gasteiger partial charge on any atom is 0.316 e. The molecule has 6 nitrogen and oxygen atoms in total. The van der Waals surface area contributed by atoms with Crippen LogP contribution < -0.4 is 0 Å².